The molecule has 370 valence electrons. The number of allylic oxidation sites excluding steroid dienone is 13. The smallest absolute Gasteiger partial charge is 0.145 e. The fourth-order valence-corrected chi connectivity index (χ4v) is 15.9. The van der Waals surface area contributed by atoms with Crippen LogP contribution in [0.25, 0.3) is 10.8 Å². The zero-order chi connectivity index (χ0) is 49.4. The fourth-order valence-electron chi connectivity index (χ4n) is 12.3. The van der Waals surface area contributed by atoms with Crippen LogP contribution in [0.4, 0.5) is 5.69 Å². The first-order chi connectivity index (χ1) is 34.0. The van der Waals surface area contributed by atoms with E-state index in [9.17, 15) is 0 Å². The Morgan fingerprint density at radius 2 is 1.51 bits per heavy atom. The summed E-state index contributed by atoms with van der Waals surface area (Å²) in [5.74, 6) is 1.80. The third-order valence-corrected chi connectivity index (χ3v) is 19.5. The first-order valence-electron chi connectivity index (χ1n) is 26.2. The minimum atomic E-state index is -2.86. The highest BCUT2D eigenvalue weighted by atomic mass is 31.2. The van der Waals surface area contributed by atoms with Crippen LogP contribution in [-0.4, -0.2) is 24.0 Å². The summed E-state index contributed by atoms with van der Waals surface area (Å²) in [5, 5.41) is 4.74. The molecule has 7 unspecified atom stereocenters. The quantitative estimate of drug-likeness (QED) is 0.0596. The Morgan fingerprint density at radius 1 is 0.803 bits per heavy atom. The van der Waals surface area contributed by atoms with E-state index in [4.69, 9.17) is 4.79 Å². The Hall–Kier alpha value is -5.80. The molecule has 0 bridgehead atoms. The number of hydrogen-bond donors (Lipinski definition) is 0. The van der Waals surface area contributed by atoms with Crippen LogP contribution < -0.4 is 10.2 Å². The molecule has 4 aliphatic rings. The molecule has 9 rings (SSSR count). The molecule has 0 radical (unpaired) electrons. The first kappa shape index (κ1) is 53.0. The zero-order valence-corrected chi connectivity index (χ0v) is 44.3. The van der Waals surface area contributed by atoms with Crippen LogP contribution in [0.5, 0.6) is 0 Å². The number of rotatable bonds is 15. The van der Waals surface area contributed by atoms with Crippen LogP contribution in [0, 0.1) is 11.8 Å². The van der Waals surface area contributed by atoms with Crippen LogP contribution in [-0.2, 0) is 21.2 Å². The van der Waals surface area contributed by atoms with Crippen molar-refractivity contribution in [2.75, 3.05) is 4.90 Å². The maximum atomic E-state index is 15.6. The van der Waals surface area contributed by atoms with Crippen LogP contribution in [0.1, 0.15) is 139 Å². The lowest BCUT2D eigenvalue weighted by molar-refractivity contribution is -0.0980. The van der Waals surface area contributed by atoms with Gasteiger partial charge in [-0.1, -0.05) is 217 Å². The molecule has 4 nitrogen and oxygen atoms in total. The molecule has 0 aromatic heterocycles. The standard InChI is InChI=1S/C65H74NOP.CH2O.H2O/c1-8-20-47(21-9-2)59(42-46-29-30-51-43-54(65(5,6)7)34-31-50(51)41-46)52-32-39-62-60(44-52)61-45-53(64(49-25-18-19-26-49)48-23-14-12-15-24-48)33-40-63(61)66(62)55-35-37-58(38-36-55)68(67,56(11-4)22-10-3)57-27-16-13-17-28-57;1-2;/h8,11-21,23-32,34-35,37,39-41,43-44,49,53,55,58-59,61,64H,9-10,22,33,36,38,42,45H2,1-7H3;1H2;1H2/b20-8-,47-21+,56-11+;;. The summed E-state index contributed by atoms with van der Waals surface area (Å²) in [6.07, 6.45) is 33.8. The molecule has 1 heterocycles. The molecule has 0 saturated carbocycles. The van der Waals surface area contributed by atoms with E-state index in [1.807, 2.05) is 12.9 Å². The average molecular weight is 964 g/mol. The molecule has 7 atom stereocenters. The van der Waals surface area contributed by atoms with E-state index in [-0.39, 0.29) is 28.5 Å². The number of anilines is 1. The van der Waals surface area contributed by atoms with Gasteiger partial charge in [-0.05, 0) is 132 Å². The van der Waals surface area contributed by atoms with Gasteiger partial charge < -0.3 is 19.7 Å². The van der Waals surface area contributed by atoms with Crippen molar-refractivity contribution in [1.82, 2.24) is 0 Å². The van der Waals surface area contributed by atoms with Gasteiger partial charge >= 0.3 is 0 Å². The van der Waals surface area contributed by atoms with Crippen molar-refractivity contribution in [3.63, 3.8) is 0 Å². The molecule has 2 N–H and O–H groups in total. The van der Waals surface area contributed by atoms with Crippen molar-refractivity contribution >= 4 is 35.7 Å². The summed E-state index contributed by atoms with van der Waals surface area (Å²) in [6.45, 7) is 17.6. The molecule has 5 aromatic carbocycles. The maximum Gasteiger partial charge on any atom is 0.145 e. The van der Waals surface area contributed by atoms with Gasteiger partial charge in [0.15, 0.2) is 0 Å². The topological polar surface area (TPSA) is 68.9 Å². The molecule has 1 aliphatic heterocycles. The molecule has 5 aromatic rings. The van der Waals surface area contributed by atoms with E-state index in [1.54, 1.807) is 0 Å². The van der Waals surface area contributed by atoms with E-state index in [0.29, 0.717) is 23.7 Å². The van der Waals surface area contributed by atoms with Gasteiger partial charge in [0.25, 0.3) is 0 Å². The monoisotopic (exact) mass is 964 g/mol. The van der Waals surface area contributed by atoms with Crippen molar-refractivity contribution in [3.8, 4) is 0 Å². The molecular formula is C66H78NO3P. The minimum absolute atomic E-state index is 0. The van der Waals surface area contributed by atoms with E-state index >= 15 is 4.57 Å². The van der Waals surface area contributed by atoms with Crippen molar-refractivity contribution in [1.29, 1.82) is 0 Å². The second kappa shape index (κ2) is 23.6. The summed E-state index contributed by atoms with van der Waals surface area (Å²) >= 11 is 0. The molecule has 71 heavy (non-hydrogen) atoms. The van der Waals surface area contributed by atoms with Gasteiger partial charge in [-0.25, -0.2) is 0 Å². The van der Waals surface area contributed by atoms with Gasteiger partial charge in [0.2, 0.25) is 0 Å². The van der Waals surface area contributed by atoms with Gasteiger partial charge in [-0.3, -0.25) is 0 Å². The first-order valence-corrected chi connectivity index (χ1v) is 28.0. The number of carbonyl (C=O) groups is 1. The number of fused-ring (bicyclic) bond motifs is 4. The molecule has 0 saturated heterocycles. The number of hydrogen-bond acceptors (Lipinski definition) is 3. The number of nitrogens with zero attached hydrogens (tertiary/aromatic N) is 1. The molecule has 0 spiro atoms. The van der Waals surface area contributed by atoms with Gasteiger partial charge in [0.05, 0.1) is 6.04 Å². The van der Waals surface area contributed by atoms with Crippen LogP contribution in [0.3, 0.4) is 0 Å². The lowest BCUT2D eigenvalue weighted by Crippen LogP contribution is -2.36. The highest BCUT2D eigenvalue weighted by molar-refractivity contribution is 7.76. The fraction of sp³-hybridized carbons (Fsp3) is 0.348. The lowest BCUT2D eigenvalue weighted by atomic mass is 9.69. The summed E-state index contributed by atoms with van der Waals surface area (Å²) in [7, 11) is -2.86. The average Bonchev–Trinajstić information content (AvgIpc) is 4.04. The molecule has 3 aliphatic carbocycles. The largest absolute Gasteiger partial charge is 0.412 e. The summed E-state index contributed by atoms with van der Waals surface area (Å²) in [5.41, 5.74) is 11.4. The van der Waals surface area contributed by atoms with E-state index in [0.717, 1.165) is 62.0 Å². The predicted octanol–water partition coefficient (Wildman–Crippen LogP) is 16.6. The predicted molar refractivity (Wildman–Crippen MR) is 305 cm³/mol. The van der Waals surface area contributed by atoms with E-state index in [1.165, 1.54) is 55.5 Å². The maximum absolute atomic E-state index is 15.6. The van der Waals surface area contributed by atoms with Crippen molar-refractivity contribution in [3.05, 3.63) is 226 Å². The Labute approximate surface area is 426 Å². The molecule has 5 heteroatoms. The van der Waals surface area contributed by atoms with E-state index < -0.39 is 7.14 Å². The second-order valence-electron chi connectivity index (χ2n) is 21.0. The Balaban J connectivity index is 0.00000244. The summed E-state index contributed by atoms with van der Waals surface area (Å²) < 4.78 is 15.6. The van der Waals surface area contributed by atoms with Gasteiger partial charge in [-0.2, -0.15) is 0 Å². The van der Waals surface area contributed by atoms with Crippen LogP contribution in [0.15, 0.2) is 199 Å². The summed E-state index contributed by atoms with van der Waals surface area (Å²) in [4.78, 5) is 10.7. The number of benzene rings is 5. The van der Waals surface area contributed by atoms with Gasteiger partial charge in [0.1, 0.15) is 13.9 Å². The third-order valence-electron chi connectivity index (χ3n) is 15.7. The Morgan fingerprint density at radius 3 is 2.15 bits per heavy atom. The highest BCUT2D eigenvalue weighted by Crippen LogP contribution is 2.62. The van der Waals surface area contributed by atoms with Crippen molar-refractivity contribution in [2.24, 2.45) is 11.8 Å². The lowest BCUT2D eigenvalue weighted by Gasteiger charge is -2.39. The normalized spacial score (nSPS) is 21.7. The number of carbonyl (C=O) groups excluding carboxylic acids is 1. The van der Waals surface area contributed by atoms with Gasteiger partial charge in [-0.15, -0.1) is 0 Å². The summed E-state index contributed by atoms with van der Waals surface area (Å²) in [6, 6.07) is 43.6. The Kier molecular flexibility index (Phi) is 17.6. The van der Waals surface area contributed by atoms with Gasteiger partial charge in [0, 0.05) is 40.1 Å². The Bertz CT molecular complexity index is 2860. The second-order valence-corrected chi connectivity index (χ2v) is 24.1. The third kappa shape index (κ3) is 11.0. The van der Waals surface area contributed by atoms with Crippen LogP contribution in [0.2, 0.25) is 0 Å². The van der Waals surface area contributed by atoms with Crippen LogP contribution >= 0.6 is 7.14 Å². The molecule has 0 amide bonds. The zero-order valence-electron chi connectivity index (χ0n) is 43.4. The molecule has 0 fully saturated rings. The van der Waals surface area contributed by atoms with Crippen molar-refractivity contribution in [2.45, 2.75) is 135 Å². The highest BCUT2D eigenvalue weighted by Gasteiger charge is 2.45. The minimum Gasteiger partial charge on any atom is -0.412 e. The van der Waals surface area contributed by atoms with E-state index in [2.05, 4.69) is 229 Å². The SMILES string of the molecule is C/C=C\C(=C/CC)C(Cc1ccc2cc(C(C)(C)C)ccc2c1)c1ccc2c(c1)C1CC(C(c3ccccc3)C3C=CC=C3)CC=C1N2C1C=CC(P(=O)(/C(=C/C)CCC)c2ccccc2)CC1.C=O.O. The molecular weight excluding hydrogens is 886 g/mol. The van der Waals surface area contributed by atoms with Crippen molar-refractivity contribution < 1.29 is 14.8 Å².